The van der Waals surface area contributed by atoms with Crippen molar-refractivity contribution in [1.29, 1.82) is 0 Å². The van der Waals surface area contributed by atoms with Gasteiger partial charge in [0, 0.05) is 18.3 Å². The summed E-state index contributed by atoms with van der Waals surface area (Å²) in [6.45, 7) is 8.63. The molecule has 0 saturated heterocycles. The number of nitrogens with zero attached hydrogens (tertiary/aromatic N) is 1. The zero-order valence-electron chi connectivity index (χ0n) is 14.9. The van der Waals surface area contributed by atoms with Crippen LogP contribution in [0.1, 0.15) is 56.6 Å². The molecule has 3 rings (SSSR count). The molecule has 1 aromatic carbocycles. The second-order valence-electron chi connectivity index (χ2n) is 8.16. The van der Waals surface area contributed by atoms with Gasteiger partial charge in [0.25, 0.3) is 0 Å². The standard InChI is InChI=1S/C21H31NO/c1-4-13-22(3)14-12-21(10-6-5-7-11-21)20-16-19(23)9-8-18(20)15-17(22)2/h4,8-9,16-17H,1,5-7,10-15H2,2-3H3/p+1. The molecule has 2 atom stereocenters. The SMILES string of the molecule is C=CC[N+]1(C)CCC2(CCCCC2)c2cc(O)ccc2CC1C. The molecule has 0 aromatic heterocycles. The Kier molecular flexibility index (Phi) is 4.55. The molecule has 1 heterocycles. The maximum Gasteiger partial charge on any atom is 0.115 e. The summed E-state index contributed by atoms with van der Waals surface area (Å²) in [7, 11) is 2.40. The second kappa shape index (κ2) is 6.32. The van der Waals surface area contributed by atoms with Crippen LogP contribution in [0.2, 0.25) is 0 Å². The van der Waals surface area contributed by atoms with Crippen LogP contribution in [-0.2, 0) is 11.8 Å². The number of quaternary nitrogens is 1. The molecule has 2 aliphatic rings. The van der Waals surface area contributed by atoms with Gasteiger partial charge in [0.15, 0.2) is 0 Å². The molecule has 1 N–H and O–H groups in total. The molecule has 1 fully saturated rings. The lowest BCUT2D eigenvalue weighted by Crippen LogP contribution is -2.55. The molecule has 1 aliphatic carbocycles. The normalized spacial score (nSPS) is 30.3. The highest BCUT2D eigenvalue weighted by Crippen LogP contribution is 2.46. The van der Waals surface area contributed by atoms with Gasteiger partial charge in [-0.15, -0.1) is 0 Å². The van der Waals surface area contributed by atoms with Crippen molar-refractivity contribution in [3.8, 4) is 5.75 Å². The molecule has 0 bridgehead atoms. The van der Waals surface area contributed by atoms with E-state index < -0.39 is 0 Å². The van der Waals surface area contributed by atoms with Crippen molar-refractivity contribution in [3.63, 3.8) is 0 Å². The van der Waals surface area contributed by atoms with E-state index in [1.807, 2.05) is 6.07 Å². The van der Waals surface area contributed by atoms with Crippen LogP contribution in [0.3, 0.4) is 0 Å². The Morgan fingerprint density at radius 2 is 2.00 bits per heavy atom. The summed E-state index contributed by atoms with van der Waals surface area (Å²) < 4.78 is 1.09. The van der Waals surface area contributed by atoms with E-state index in [0.29, 0.717) is 11.8 Å². The fourth-order valence-electron chi connectivity index (χ4n) is 4.91. The third-order valence-electron chi connectivity index (χ3n) is 6.70. The molecular weight excluding hydrogens is 282 g/mol. The number of phenols is 1. The Labute approximate surface area is 141 Å². The van der Waals surface area contributed by atoms with Crippen LogP contribution in [0.5, 0.6) is 5.75 Å². The van der Waals surface area contributed by atoms with Crippen molar-refractivity contribution >= 4 is 0 Å². The van der Waals surface area contributed by atoms with E-state index in [9.17, 15) is 5.11 Å². The van der Waals surface area contributed by atoms with Gasteiger partial charge in [-0.25, -0.2) is 0 Å². The van der Waals surface area contributed by atoms with Crippen molar-refractivity contribution in [1.82, 2.24) is 0 Å². The van der Waals surface area contributed by atoms with Gasteiger partial charge >= 0.3 is 0 Å². The van der Waals surface area contributed by atoms with Crippen LogP contribution in [0.25, 0.3) is 0 Å². The quantitative estimate of drug-likeness (QED) is 0.626. The van der Waals surface area contributed by atoms with Gasteiger partial charge in [0.1, 0.15) is 5.75 Å². The van der Waals surface area contributed by atoms with E-state index in [4.69, 9.17) is 0 Å². The van der Waals surface area contributed by atoms with Crippen molar-refractivity contribution in [3.05, 3.63) is 42.0 Å². The minimum absolute atomic E-state index is 0.285. The highest BCUT2D eigenvalue weighted by Gasteiger charge is 2.41. The summed E-state index contributed by atoms with van der Waals surface area (Å²) >= 11 is 0. The number of rotatable bonds is 2. The van der Waals surface area contributed by atoms with Gasteiger partial charge in [-0.2, -0.15) is 0 Å². The summed E-state index contributed by atoms with van der Waals surface area (Å²) in [5, 5.41) is 10.1. The minimum Gasteiger partial charge on any atom is -0.508 e. The summed E-state index contributed by atoms with van der Waals surface area (Å²) in [4.78, 5) is 0. The summed E-state index contributed by atoms with van der Waals surface area (Å²) in [6, 6.07) is 6.72. The van der Waals surface area contributed by atoms with Crippen molar-refractivity contribution in [2.75, 3.05) is 20.1 Å². The Morgan fingerprint density at radius 1 is 1.26 bits per heavy atom. The van der Waals surface area contributed by atoms with E-state index in [0.717, 1.165) is 17.4 Å². The summed E-state index contributed by atoms with van der Waals surface area (Å²) in [5.74, 6) is 0.435. The lowest BCUT2D eigenvalue weighted by molar-refractivity contribution is -0.927. The van der Waals surface area contributed by atoms with E-state index in [-0.39, 0.29) is 5.41 Å². The molecule has 126 valence electrons. The number of hydrogen-bond donors (Lipinski definition) is 1. The van der Waals surface area contributed by atoms with Crippen LogP contribution in [0.15, 0.2) is 30.9 Å². The molecular formula is C21H32NO+. The summed E-state index contributed by atoms with van der Waals surface area (Å²) in [5.41, 5.74) is 3.20. The lowest BCUT2D eigenvalue weighted by atomic mass is 9.65. The van der Waals surface area contributed by atoms with Gasteiger partial charge in [-0.3, -0.25) is 0 Å². The van der Waals surface area contributed by atoms with E-state index >= 15 is 0 Å². The van der Waals surface area contributed by atoms with Crippen LogP contribution in [-0.4, -0.2) is 35.8 Å². The third kappa shape index (κ3) is 3.06. The third-order valence-corrected chi connectivity index (χ3v) is 6.70. The topological polar surface area (TPSA) is 20.2 Å². The maximum absolute atomic E-state index is 10.1. The first-order valence-corrected chi connectivity index (χ1v) is 9.27. The first-order valence-electron chi connectivity index (χ1n) is 9.27. The molecule has 1 aromatic rings. The van der Waals surface area contributed by atoms with Gasteiger partial charge in [0.05, 0.1) is 26.2 Å². The monoisotopic (exact) mass is 314 g/mol. The number of fused-ring (bicyclic) bond motifs is 2. The summed E-state index contributed by atoms with van der Waals surface area (Å²) in [6.07, 6.45) is 11.0. The van der Waals surface area contributed by atoms with Crippen molar-refractivity contribution in [2.24, 2.45) is 0 Å². The van der Waals surface area contributed by atoms with Crippen LogP contribution >= 0.6 is 0 Å². The van der Waals surface area contributed by atoms with Gasteiger partial charge in [-0.1, -0.05) is 31.9 Å². The van der Waals surface area contributed by atoms with Crippen molar-refractivity contribution < 1.29 is 9.59 Å². The van der Waals surface area contributed by atoms with Crippen molar-refractivity contribution in [2.45, 2.75) is 63.3 Å². The molecule has 0 radical (unpaired) electrons. The number of aromatic hydroxyl groups is 1. The second-order valence-corrected chi connectivity index (χ2v) is 8.16. The van der Waals surface area contributed by atoms with Gasteiger partial charge in [0.2, 0.25) is 0 Å². The van der Waals surface area contributed by atoms with Crippen LogP contribution in [0, 0.1) is 0 Å². The van der Waals surface area contributed by atoms with E-state index in [1.165, 1.54) is 56.2 Å². The number of phenolic OH excluding ortho intramolecular Hbond substituents is 1. The number of benzene rings is 1. The molecule has 23 heavy (non-hydrogen) atoms. The first kappa shape index (κ1) is 16.6. The van der Waals surface area contributed by atoms with E-state index in [1.54, 1.807) is 0 Å². The molecule has 1 spiro atoms. The first-order chi connectivity index (χ1) is 11.0. The molecule has 2 nitrogen and oxygen atoms in total. The highest BCUT2D eigenvalue weighted by atomic mass is 16.3. The van der Waals surface area contributed by atoms with E-state index in [2.05, 4.69) is 38.8 Å². The smallest absolute Gasteiger partial charge is 0.115 e. The average Bonchev–Trinajstić information content (AvgIpc) is 2.55. The van der Waals surface area contributed by atoms with Crippen LogP contribution < -0.4 is 0 Å². The molecule has 2 unspecified atom stereocenters. The Bertz CT molecular complexity index is 573. The molecule has 1 aliphatic heterocycles. The molecule has 1 saturated carbocycles. The minimum atomic E-state index is 0.285. The zero-order valence-corrected chi connectivity index (χ0v) is 14.9. The fourth-order valence-corrected chi connectivity index (χ4v) is 4.91. The highest BCUT2D eigenvalue weighted by molar-refractivity contribution is 5.41. The molecule has 0 amide bonds. The predicted octanol–water partition coefficient (Wildman–Crippen LogP) is 4.56. The largest absolute Gasteiger partial charge is 0.508 e. The Morgan fingerprint density at radius 3 is 2.70 bits per heavy atom. The number of likely N-dealkylation sites (N-methyl/N-ethyl adjacent to an activating group) is 1. The van der Waals surface area contributed by atoms with Gasteiger partial charge in [-0.05, 0) is 49.1 Å². The zero-order chi connectivity index (χ0) is 16.5. The van der Waals surface area contributed by atoms with Crippen LogP contribution in [0.4, 0.5) is 0 Å². The predicted molar refractivity (Wildman–Crippen MR) is 96.8 cm³/mol. The van der Waals surface area contributed by atoms with Gasteiger partial charge < -0.3 is 9.59 Å². The average molecular weight is 314 g/mol. The Hall–Kier alpha value is -1.28. The molecule has 2 heteroatoms. The number of hydrogen-bond acceptors (Lipinski definition) is 1. The Balaban J connectivity index is 2.06. The lowest BCUT2D eigenvalue weighted by Gasteiger charge is -2.47. The fraction of sp³-hybridized carbons (Fsp3) is 0.619. The maximum atomic E-state index is 10.1.